The fourth-order valence-electron chi connectivity index (χ4n) is 4.52. The van der Waals surface area contributed by atoms with Crippen LogP contribution in [0.25, 0.3) is 0 Å². The van der Waals surface area contributed by atoms with Crippen LogP contribution in [0.1, 0.15) is 53.9 Å². The molecule has 178 valence electrons. The van der Waals surface area contributed by atoms with Gasteiger partial charge in [-0.3, -0.25) is 14.4 Å². The van der Waals surface area contributed by atoms with E-state index in [0.29, 0.717) is 61.2 Å². The molecule has 1 saturated carbocycles. The van der Waals surface area contributed by atoms with Gasteiger partial charge in [-0.25, -0.2) is 4.98 Å². The molecule has 8 heteroatoms. The number of hydrogen-bond donors (Lipinski definition) is 0. The number of amides is 2. The molecule has 8 nitrogen and oxygen atoms in total. The predicted octanol–water partition coefficient (Wildman–Crippen LogP) is 3.20. The smallest absolute Gasteiger partial charge is 0.268 e. The normalized spacial score (nSPS) is 21.5. The Hall–Kier alpha value is -3.42. The molecule has 1 aromatic carbocycles. The quantitative estimate of drug-likeness (QED) is 0.597. The average Bonchev–Trinajstić information content (AvgIpc) is 3.53. The standard InChI is InChI=1S/C26H29N3O5/c1-28(2)25(31)12-17-11-22(30)21-13-18(5-7-20(17)21)29-10-9-23(26(29)32)34-19-6-8-24(27-14-19)33-15-16-3-4-16/h5-8,13-14,16-17,23H,3-4,9-12,15H2,1-2H3. The van der Waals surface area contributed by atoms with E-state index in [1.807, 2.05) is 12.1 Å². The van der Waals surface area contributed by atoms with Crippen molar-refractivity contribution in [3.63, 3.8) is 0 Å². The molecule has 0 spiro atoms. The molecule has 2 unspecified atom stereocenters. The summed E-state index contributed by atoms with van der Waals surface area (Å²) in [4.78, 5) is 45.3. The number of hydrogen-bond acceptors (Lipinski definition) is 6. The average molecular weight is 464 g/mol. The Balaban J connectivity index is 1.23. The highest BCUT2D eigenvalue weighted by Gasteiger charge is 2.37. The van der Waals surface area contributed by atoms with Gasteiger partial charge in [-0.2, -0.15) is 0 Å². The maximum absolute atomic E-state index is 13.0. The lowest BCUT2D eigenvalue weighted by Gasteiger charge is -2.19. The van der Waals surface area contributed by atoms with Crippen molar-refractivity contribution < 1.29 is 23.9 Å². The molecule has 2 heterocycles. The monoisotopic (exact) mass is 463 g/mol. The molecule has 2 aliphatic carbocycles. The zero-order valence-electron chi connectivity index (χ0n) is 19.5. The fraction of sp³-hybridized carbons (Fsp3) is 0.462. The minimum Gasteiger partial charge on any atom is -0.479 e. The molecule has 3 aliphatic rings. The van der Waals surface area contributed by atoms with Crippen LogP contribution in [0.4, 0.5) is 5.69 Å². The van der Waals surface area contributed by atoms with E-state index in [4.69, 9.17) is 9.47 Å². The second kappa shape index (κ2) is 9.08. The van der Waals surface area contributed by atoms with Gasteiger partial charge in [0, 0.05) is 63.1 Å². The van der Waals surface area contributed by atoms with Crippen molar-refractivity contribution in [1.82, 2.24) is 9.88 Å². The molecule has 5 rings (SSSR count). The first-order valence-corrected chi connectivity index (χ1v) is 11.8. The molecule has 0 bridgehead atoms. The second-order valence-corrected chi connectivity index (χ2v) is 9.56. The first-order chi connectivity index (χ1) is 16.4. The van der Waals surface area contributed by atoms with E-state index >= 15 is 0 Å². The van der Waals surface area contributed by atoms with Crippen LogP contribution in [-0.4, -0.2) is 60.8 Å². The highest BCUT2D eigenvalue weighted by Crippen LogP contribution is 2.38. The van der Waals surface area contributed by atoms with E-state index in [1.165, 1.54) is 12.8 Å². The van der Waals surface area contributed by atoms with Gasteiger partial charge in [0.1, 0.15) is 5.75 Å². The van der Waals surface area contributed by atoms with E-state index in [9.17, 15) is 14.4 Å². The Morgan fingerprint density at radius 1 is 1.15 bits per heavy atom. The van der Waals surface area contributed by atoms with Crippen LogP contribution in [-0.2, 0) is 9.59 Å². The second-order valence-electron chi connectivity index (χ2n) is 9.56. The third-order valence-electron chi connectivity index (χ3n) is 6.75. The fourth-order valence-corrected chi connectivity index (χ4v) is 4.52. The Labute approximate surface area is 198 Å². The summed E-state index contributed by atoms with van der Waals surface area (Å²) in [6.45, 7) is 1.20. The maximum atomic E-state index is 13.0. The van der Waals surface area contributed by atoms with Gasteiger partial charge in [0.05, 0.1) is 12.8 Å². The zero-order valence-corrected chi connectivity index (χ0v) is 19.5. The van der Waals surface area contributed by atoms with Gasteiger partial charge in [-0.15, -0.1) is 0 Å². The lowest BCUT2D eigenvalue weighted by Crippen LogP contribution is -2.32. The summed E-state index contributed by atoms with van der Waals surface area (Å²) in [6, 6.07) is 9.06. The molecular formula is C26H29N3O5. The van der Waals surface area contributed by atoms with Gasteiger partial charge in [0.2, 0.25) is 11.8 Å². The zero-order chi connectivity index (χ0) is 23.8. The summed E-state index contributed by atoms with van der Waals surface area (Å²) in [5.41, 5.74) is 2.18. The summed E-state index contributed by atoms with van der Waals surface area (Å²) in [7, 11) is 3.43. The number of fused-ring (bicyclic) bond motifs is 1. The highest BCUT2D eigenvalue weighted by molar-refractivity contribution is 6.05. The van der Waals surface area contributed by atoms with Gasteiger partial charge >= 0.3 is 0 Å². The minimum atomic E-state index is -0.602. The number of benzene rings is 1. The molecule has 34 heavy (non-hydrogen) atoms. The first kappa shape index (κ1) is 22.4. The van der Waals surface area contributed by atoms with Crippen LogP contribution >= 0.6 is 0 Å². The number of carbonyl (C=O) groups excluding carboxylic acids is 3. The molecular weight excluding hydrogens is 434 g/mol. The van der Waals surface area contributed by atoms with E-state index in [-0.39, 0.29) is 23.5 Å². The Bertz CT molecular complexity index is 1110. The third kappa shape index (κ3) is 4.62. The van der Waals surface area contributed by atoms with Crippen molar-refractivity contribution in [2.75, 3.05) is 32.1 Å². The molecule has 0 N–H and O–H groups in total. The number of nitrogens with zero attached hydrogens (tertiary/aromatic N) is 3. The third-order valence-corrected chi connectivity index (χ3v) is 6.75. The Morgan fingerprint density at radius 3 is 2.68 bits per heavy atom. The van der Waals surface area contributed by atoms with Gasteiger partial charge in [0.25, 0.3) is 5.91 Å². The first-order valence-electron chi connectivity index (χ1n) is 11.8. The summed E-state index contributed by atoms with van der Waals surface area (Å²) >= 11 is 0. The largest absolute Gasteiger partial charge is 0.479 e. The molecule has 2 aromatic rings. The predicted molar refractivity (Wildman–Crippen MR) is 125 cm³/mol. The number of ketones is 1. The molecule has 0 radical (unpaired) electrons. The van der Waals surface area contributed by atoms with Crippen molar-refractivity contribution in [1.29, 1.82) is 0 Å². The van der Waals surface area contributed by atoms with Crippen LogP contribution in [0.5, 0.6) is 11.6 Å². The van der Waals surface area contributed by atoms with Crippen LogP contribution in [0.2, 0.25) is 0 Å². The summed E-state index contributed by atoms with van der Waals surface area (Å²) in [6.07, 6.45) is 4.60. The van der Waals surface area contributed by atoms with Gasteiger partial charge < -0.3 is 19.3 Å². The number of aromatic nitrogens is 1. The molecule has 2 amide bonds. The van der Waals surface area contributed by atoms with E-state index in [1.54, 1.807) is 48.3 Å². The number of ether oxygens (including phenoxy) is 2. The molecule has 1 aliphatic heterocycles. The SMILES string of the molecule is CN(C)C(=O)CC1CC(=O)c2cc(N3CCC(Oc4ccc(OCC5CC5)nc4)C3=O)ccc21. The van der Waals surface area contributed by atoms with Gasteiger partial charge in [0.15, 0.2) is 11.9 Å². The molecule has 1 saturated heterocycles. The lowest BCUT2D eigenvalue weighted by molar-refractivity contribution is -0.129. The summed E-state index contributed by atoms with van der Waals surface area (Å²) in [5.74, 6) is 1.51. The van der Waals surface area contributed by atoms with Crippen LogP contribution in [0.15, 0.2) is 36.5 Å². The summed E-state index contributed by atoms with van der Waals surface area (Å²) in [5, 5.41) is 0. The van der Waals surface area contributed by atoms with Gasteiger partial charge in [-0.05, 0) is 42.5 Å². The Morgan fingerprint density at radius 2 is 1.97 bits per heavy atom. The topological polar surface area (TPSA) is 89.0 Å². The number of pyridine rings is 1. The highest BCUT2D eigenvalue weighted by atomic mass is 16.5. The van der Waals surface area contributed by atoms with Crippen molar-refractivity contribution in [3.05, 3.63) is 47.7 Å². The number of Topliss-reactive ketones (excluding diaryl/α,β-unsaturated/α-hetero) is 1. The van der Waals surface area contributed by atoms with Crippen LogP contribution in [0, 0.1) is 5.92 Å². The van der Waals surface area contributed by atoms with Crippen LogP contribution in [0.3, 0.4) is 0 Å². The summed E-state index contributed by atoms with van der Waals surface area (Å²) < 4.78 is 11.6. The van der Waals surface area contributed by atoms with E-state index in [2.05, 4.69) is 4.98 Å². The molecule has 2 fully saturated rings. The van der Waals surface area contributed by atoms with E-state index in [0.717, 1.165) is 5.56 Å². The number of anilines is 1. The van der Waals surface area contributed by atoms with Crippen molar-refractivity contribution in [3.8, 4) is 11.6 Å². The minimum absolute atomic E-state index is 0.00133. The Kier molecular flexibility index (Phi) is 5.98. The van der Waals surface area contributed by atoms with Crippen LogP contribution < -0.4 is 14.4 Å². The molecule has 2 atom stereocenters. The number of carbonyl (C=O) groups is 3. The van der Waals surface area contributed by atoms with Crippen molar-refractivity contribution in [2.45, 2.75) is 44.1 Å². The van der Waals surface area contributed by atoms with Gasteiger partial charge in [-0.1, -0.05) is 6.07 Å². The lowest BCUT2D eigenvalue weighted by atomic mass is 9.97. The molecule has 1 aromatic heterocycles. The maximum Gasteiger partial charge on any atom is 0.268 e. The van der Waals surface area contributed by atoms with E-state index < -0.39 is 6.10 Å². The number of rotatable bonds is 8. The van der Waals surface area contributed by atoms with Crippen molar-refractivity contribution in [2.24, 2.45) is 5.92 Å². The van der Waals surface area contributed by atoms with Crippen molar-refractivity contribution >= 4 is 23.3 Å².